The first-order valence-electron chi connectivity index (χ1n) is 7.63. The molecule has 1 aliphatic heterocycles. The van der Waals surface area contributed by atoms with Crippen molar-refractivity contribution in [3.63, 3.8) is 0 Å². The lowest BCUT2D eigenvalue weighted by molar-refractivity contribution is -0.136. The van der Waals surface area contributed by atoms with Gasteiger partial charge in [0.15, 0.2) is 4.34 Å². The molecule has 8 nitrogen and oxygen atoms in total. The number of aromatic nitrogens is 2. The Labute approximate surface area is 158 Å². The first-order valence-corrected chi connectivity index (χ1v) is 9.43. The lowest BCUT2D eigenvalue weighted by atomic mass is 9.95. The van der Waals surface area contributed by atoms with Gasteiger partial charge in [-0.2, -0.15) is 0 Å². The Bertz CT molecular complexity index is 853. The van der Waals surface area contributed by atoms with Gasteiger partial charge in [-0.3, -0.25) is 4.90 Å². The summed E-state index contributed by atoms with van der Waals surface area (Å²) in [7, 11) is 2.94. The van der Waals surface area contributed by atoms with Crippen LogP contribution in [0.3, 0.4) is 0 Å². The zero-order valence-corrected chi connectivity index (χ0v) is 15.8. The highest BCUT2D eigenvalue weighted by molar-refractivity contribution is 8.01. The number of urea groups is 1. The van der Waals surface area contributed by atoms with Gasteiger partial charge in [0.25, 0.3) is 0 Å². The number of methoxy groups -OCH3 is 1. The third-order valence-corrected chi connectivity index (χ3v) is 5.77. The Morgan fingerprint density at radius 1 is 1.38 bits per heavy atom. The van der Waals surface area contributed by atoms with Crippen LogP contribution < -0.4 is 11.1 Å². The average molecular weight is 391 g/mol. The van der Waals surface area contributed by atoms with Crippen molar-refractivity contribution in [2.24, 2.45) is 0 Å². The molecule has 26 heavy (non-hydrogen) atoms. The third-order valence-electron chi connectivity index (χ3n) is 3.87. The molecule has 0 fully saturated rings. The van der Waals surface area contributed by atoms with Gasteiger partial charge in [-0.25, -0.2) is 9.59 Å². The summed E-state index contributed by atoms with van der Waals surface area (Å²) in [4.78, 5) is 26.4. The van der Waals surface area contributed by atoms with Crippen LogP contribution in [0.25, 0.3) is 0 Å². The number of carbonyl (C=O) groups excluding carboxylic acids is 2. The molecule has 1 aromatic heterocycles. The number of nitrogens with zero attached hydrogens (tertiary/aromatic N) is 3. The molecule has 0 spiro atoms. The number of nitrogens with two attached hydrogens (primary N) is 1. The standard InChI is InChI=1S/C16H17N5O3S2/c1-21-10(8-25-16-20-19-14(17)26-16)11(13(22)24-2)12(18-15(21)23)9-6-4-3-5-7-9/h3-7,12H,8H2,1-2H3,(H2,17,19)(H,18,23). The number of carbonyl (C=O) groups is 2. The van der Waals surface area contributed by atoms with E-state index in [2.05, 4.69) is 15.5 Å². The molecule has 1 unspecified atom stereocenters. The smallest absolute Gasteiger partial charge is 0.338 e. The Hall–Kier alpha value is -2.59. The highest BCUT2D eigenvalue weighted by Gasteiger charge is 2.36. The highest BCUT2D eigenvalue weighted by atomic mass is 32.2. The van der Waals surface area contributed by atoms with Crippen LogP contribution >= 0.6 is 23.1 Å². The highest BCUT2D eigenvalue weighted by Crippen LogP contribution is 2.34. The minimum atomic E-state index is -0.581. The Morgan fingerprint density at radius 2 is 2.12 bits per heavy atom. The van der Waals surface area contributed by atoms with Gasteiger partial charge in [-0.15, -0.1) is 10.2 Å². The summed E-state index contributed by atoms with van der Waals surface area (Å²) < 4.78 is 5.64. The molecule has 2 heterocycles. The van der Waals surface area contributed by atoms with Crippen molar-refractivity contribution < 1.29 is 14.3 Å². The minimum Gasteiger partial charge on any atom is -0.466 e. The van der Waals surface area contributed by atoms with Crippen LogP contribution in [0.5, 0.6) is 0 Å². The van der Waals surface area contributed by atoms with Crippen molar-refractivity contribution in [2.75, 3.05) is 25.6 Å². The number of nitrogen functional groups attached to an aromatic ring is 1. The van der Waals surface area contributed by atoms with E-state index in [1.165, 1.54) is 35.1 Å². The summed E-state index contributed by atoms with van der Waals surface area (Å²) >= 11 is 2.61. The van der Waals surface area contributed by atoms with E-state index in [4.69, 9.17) is 10.5 Å². The summed E-state index contributed by atoms with van der Waals surface area (Å²) in [5, 5.41) is 11.0. The zero-order chi connectivity index (χ0) is 18.7. The summed E-state index contributed by atoms with van der Waals surface area (Å²) in [6.45, 7) is 0. The molecule has 0 saturated carbocycles. The van der Waals surface area contributed by atoms with Crippen molar-refractivity contribution in [1.29, 1.82) is 0 Å². The maximum atomic E-state index is 12.5. The van der Waals surface area contributed by atoms with Crippen LogP contribution in [-0.4, -0.2) is 47.0 Å². The SMILES string of the molecule is COC(=O)C1=C(CSc2nnc(N)s2)N(C)C(=O)NC1c1ccccc1. The molecule has 1 aliphatic rings. The van der Waals surface area contributed by atoms with E-state index in [9.17, 15) is 9.59 Å². The number of hydrogen-bond acceptors (Lipinski definition) is 8. The summed E-state index contributed by atoms with van der Waals surface area (Å²) in [5.74, 6) is -0.134. The molecule has 136 valence electrons. The van der Waals surface area contributed by atoms with E-state index in [0.29, 0.717) is 26.5 Å². The van der Waals surface area contributed by atoms with Crippen molar-refractivity contribution in [2.45, 2.75) is 10.4 Å². The van der Waals surface area contributed by atoms with Crippen LogP contribution in [0.4, 0.5) is 9.93 Å². The molecule has 3 N–H and O–H groups in total. The lowest BCUT2D eigenvalue weighted by Crippen LogP contribution is -2.47. The fourth-order valence-corrected chi connectivity index (χ4v) is 4.31. The maximum Gasteiger partial charge on any atom is 0.338 e. The van der Waals surface area contributed by atoms with Crippen molar-refractivity contribution in [3.8, 4) is 0 Å². The third kappa shape index (κ3) is 3.65. The average Bonchev–Trinajstić information content (AvgIpc) is 3.07. The molecule has 0 radical (unpaired) electrons. The number of benzene rings is 1. The number of thioether (sulfide) groups is 1. The summed E-state index contributed by atoms with van der Waals surface area (Å²) in [5.41, 5.74) is 7.36. The van der Waals surface area contributed by atoms with E-state index in [1.54, 1.807) is 7.05 Å². The Balaban J connectivity index is 2.01. The van der Waals surface area contributed by atoms with E-state index < -0.39 is 12.0 Å². The van der Waals surface area contributed by atoms with Gasteiger partial charge in [-0.1, -0.05) is 53.4 Å². The summed E-state index contributed by atoms with van der Waals surface area (Å²) in [6.07, 6.45) is 0. The number of anilines is 1. The maximum absolute atomic E-state index is 12.5. The molecule has 0 saturated heterocycles. The fraction of sp³-hybridized carbons (Fsp3) is 0.250. The van der Waals surface area contributed by atoms with Crippen LogP contribution in [0.1, 0.15) is 11.6 Å². The largest absolute Gasteiger partial charge is 0.466 e. The molecular weight excluding hydrogens is 374 g/mol. The number of hydrogen-bond donors (Lipinski definition) is 2. The van der Waals surface area contributed by atoms with Gasteiger partial charge in [0.2, 0.25) is 5.13 Å². The minimum absolute atomic E-state index is 0.293. The number of ether oxygens (including phenoxy) is 1. The lowest BCUT2D eigenvalue weighted by Gasteiger charge is -2.34. The first-order chi connectivity index (χ1) is 12.5. The number of rotatable bonds is 5. The molecule has 10 heteroatoms. The van der Waals surface area contributed by atoms with Gasteiger partial charge in [0.05, 0.1) is 18.7 Å². The van der Waals surface area contributed by atoms with Crippen LogP contribution in [-0.2, 0) is 9.53 Å². The van der Waals surface area contributed by atoms with Gasteiger partial charge in [0, 0.05) is 18.5 Å². The van der Waals surface area contributed by atoms with E-state index in [-0.39, 0.29) is 6.03 Å². The normalized spacial score (nSPS) is 17.2. The predicted molar refractivity (Wildman–Crippen MR) is 99.6 cm³/mol. The van der Waals surface area contributed by atoms with E-state index >= 15 is 0 Å². The van der Waals surface area contributed by atoms with Crippen molar-refractivity contribution >= 4 is 40.2 Å². The van der Waals surface area contributed by atoms with Gasteiger partial charge >= 0.3 is 12.0 Å². The van der Waals surface area contributed by atoms with E-state index in [1.807, 2.05) is 30.3 Å². The van der Waals surface area contributed by atoms with Crippen molar-refractivity contribution in [3.05, 3.63) is 47.2 Å². The molecule has 1 aromatic carbocycles. The number of esters is 1. The quantitative estimate of drug-likeness (QED) is 0.593. The molecule has 1 atom stereocenters. The van der Waals surface area contributed by atoms with Crippen LogP contribution in [0, 0.1) is 0 Å². The molecule has 2 aromatic rings. The number of nitrogens with one attached hydrogen (secondary N) is 1. The topological polar surface area (TPSA) is 110 Å². The molecule has 2 amide bonds. The second kappa shape index (κ2) is 7.75. The predicted octanol–water partition coefficient (Wildman–Crippen LogP) is 2.04. The van der Waals surface area contributed by atoms with Crippen LogP contribution in [0.2, 0.25) is 0 Å². The fourth-order valence-electron chi connectivity index (χ4n) is 2.59. The van der Waals surface area contributed by atoms with Gasteiger partial charge in [0.1, 0.15) is 0 Å². The molecule has 0 bridgehead atoms. The van der Waals surface area contributed by atoms with Gasteiger partial charge < -0.3 is 15.8 Å². The Morgan fingerprint density at radius 3 is 2.73 bits per heavy atom. The number of amides is 2. The van der Waals surface area contributed by atoms with Crippen molar-refractivity contribution in [1.82, 2.24) is 20.4 Å². The Kier molecular flexibility index (Phi) is 5.43. The van der Waals surface area contributed by atoms with Crippen LogP contribution in [0.15, 0.2) is 45.9 Å². The summed E-state index contributed by atoms with van der Waals surface area (Å²) in [6, 6.07) is 8.42. The molecule has 0 aliphatic carbocycles. The molecule has 3 rings (SSSR count). The van der Waals surface area contributed by atoms with E-state index in [0.717, 1.165) is 5.56 Å². The monoisotopic (exact) mass is 391 g/mol. The molecular formula is C16H17N5O3S2. The second-order valence-electron chi connectivity index (χ2n) is 5.40. The van der Waals surface area contributed by atoms with Gasteiger partial charge in [-0.05, 0) is 5.56 Å². The first kappa shape index (κ1) is 18.2. The second-order valence-corrected chi connectivity index (χ2v) is 7.63. The zero-order valence-electron chi connectivity index (χ0n) is 14.1.